The molecule has 2 atom stereocenters. The summed E-state index contributed by atoms with van der Waals surface area (Å²) in [7, 11) is 0. The first-order chi connectivity index (χ1) is 30.2. The van der Waals surface area contributed by atoms with Crippen LogP contribution in [-0.4, -0.2) is 104 Å². The highest BCUT2D eigenvalue weighted by Gasteiger charge is 2.44. The summed E-state index contributed by atoms with van der Waals surface area (Å²) in [4.78, 5) is 80.1. The number of hydrogen-bond acceptors (Lipinski definition) is 11. The third-order valence-corrected chi connectivity index (χ3v) is 12.4. The number of pyridine rings is 1. The minimum Gasteiger partial charge on any atom is -0.385 e. The molecule has 0 spiro atoms. The molecule has 0 radical (unpaired) electrons. The van der Waals surface area contributed by atoms with E-state index in [1.54, 1.807) is 36.5 Å². The van der Waals surface area contributed by atoms with Gasteiger partial charge >= 0.3 is 0 Å². The van der Waals surface area contributed by atoms with E-state index < -0.39 is 29.7 Å². The summed E-state index contributed by atoms with van der Waals surface area (Å²) in [5.41, 5.74) is 4.45. The Morgan fingerprint density at radius 3 is 2.44 bits per heavy atom. The molecule has 0 bridgehead atoms. The van der Waals surface area contributed by atoms with Gasteiger partial charge in [-0.15, -0.1) is 5.10 Å². The third kappa shape index (κ3) is 8.33. The summed E-state index contributed by atoms with van der Waals surface area (Å²) in [5.74, 6) is -0.467. The smallest absolute Gasteiger partial charge is 0.262 e. The second-order valence-electron chi connectivity index (χ2n) is 16.4. The molecule has 3 saturated heterocycles. The zero-order valence-electron chi connectivity index (χ0n) is 34.5. The molecule has 2 aromatic carbocycles. The summed E-state index contributed by atoms with van der Waals surface area (Å²) in [6, 6.07) is 20.8. The van der Waals surface area contributed by atoms with Crippen molar-refractivity contribution < 1.29 is 28.4 Å². The highest BCUT2D eigenvalue weighted by molar-refractivity contribution is 6.23. The molecule has 16 heteroatoms. The maximum atomic E-state index is 14.1. The number of unbranched alkanes of at least 4 members (excludes halogenated alkanes) is 4. The molecule has 4 aliphatic rings. The average molecular weight is 841 g/mol. The summed E-state index contributed by atoms with van der Waals surface area (Å²) in [6.07, 6.45) is 9.13. The molecule has 7 heterocycles. The number of fused-ring (bicyclic) bond motifs is 2. The lowest BCUT2D eigenvalue weighted by atomic mass is 10.0. The SMILES string of the molecule is O=C1CCC(N2C(=O)c3ccc(NCCCCCCCC(=O)N4CCN(c5cccc(-c6cnc7ccc(N8CCC[C@@H]8c8cccc(F)c8)nn67)n5)CC4)cc3C2=O)C(=O)N1. The average Bonchev–Trinajstić information content (AvgIpc) is 4.01. The maximum Gasteiger partial charge on any atom is 0.262 e. The van der Waals surface area contributed by atoms with E-state index in [2.05, 4.69) is 25.4 Å². The number of piperazine rings is 1. The van der Waals surface area contributed by atoms with Crippen LogP contribution in [0.25, 0.3) is 17.0 Å². The van der Waals surface area contributed by atoms with Crippen LogP contribution in [0.3, 0.4) is 0 Å². The Morgan fingerprint density at radius 1 is 0.790 bits per heavy atom. The Hall–Kier alpha value is -6.71. The van der Waals surface area contributed by atoms with Crippen LogP contribution in [0.5, 0.6) is 0 Å². The number of imidazole rings is 1. The van der Waals surface area contributed by atoms with E-state index in [0.717, 1.165) is 96.3 Å². The monoisotopic (exact) mass is 840 g/mol. The molecular weight excluding hydrogens is 792 g/mol. The van der Waals surface area contributed by atoms with Crippen molar-refractivity contribution in [3.8, 4) is 11.4 Å². The van der Waals surface area contributed by atoms with Crippen LogP contribution in [0.15, 0.2) is 79.0 Å². The minimum atomic E-state index is -0.986. The van der Waals surface area contributed by atoms with Gasteiger partial charge in [0.2, 0.25) is 17.7 Å². The number of imide groups is 2. The van der Waals surface area contributed by atoms with Gasteiger partial charge in [-0.25, -0.2) is 18.9 Å². The topological polar surface area (TPSA) is 165 Å². The van der Waals surface area contributed by atoms with E-state index >= 15 is 0 Å². The molecule has 1 unspecified atom stereocenters. The molecule has 3 fully saturated rings. The molecule has 5 aromatic rings. The Labute approximate surface area is 358 Å². The fourth-order valence-corrected chi connectivity index (χ4v) is 9.12. The van der Waals surface area contributed by atoms with Gasteiger partial charge in [-0.1, -0.05) is 37.5 Å². The molecule has 4 aliphatic heterocycles. The van der Waals surface area contributed by atoms with E-state index in [9.17, 15) is 28.4 Å². The normalized spacial score (nSPS) is 19.1. The van der Waals surface area contributed by atoms with Gasteiger partial charge < -0.3 is 20.0 Å². The highest BCUT2D eigenvalue weighted by Crippen LogP contribution is 2.36. The molecule has 0 aliphatic carbocycles. The molecular formula is C46H49FN10O5. The first kappa shape index (κ1) is 40.7. The highest BCUT2D eigenvalue weighted by atomic mass is 19.1. The van der Waals surface area contributed by atoms with Crippen LogP contribution in [0.2, 0.25) is 0 Å². The molecule has 0 saturated carbocycles. The van der Waals surface area contributed by atoms with E-state index in [0.29, 0.717) is 39.1 Å². The first-order valence-corrected chi connectivity index (χ1v) is 21.7. The fraction of sp³-hybridized carbons (Fsp3) is 0.391. The Kier molecular flexibility index (Phi) is 11.6. The third-order valence-electron chi connectivity index (χ3n) is 12.4. The van der Waals surface area contributed by atoms with E-state index in [1.165, 1.54) is 6.07 Å². The standard InChI is InChI=1S/C46H49FN10O5/c47-31-10-6-9-30(27-31)36-12-8-22-55(36)41-19-18-39-49-29-38(57(39)52-41)35-11-7-13-40(50-35)53-23-25-54(26-24-53)43(59)14-4-2-1-3-5-21-48-32-15-16-33-34(28-32)46(62)56(45(33)61)37-17-20-42(58)51-44(37)60/h6-7,9-11,13,15-16,18-19,27-29,36-37,48H,1-5,8,12,14,17,20-26H2,(H,51,58,60)/t36-,37?/m1/s1. The number of piperidine rings is 1. The summed E-state index contributed by atoms with van der Waals surface area (Å²) >= 11 is 0. The predicted octanol–water partition coefficient (Wildman–Crippen LogP) is 5.77. The molecule has 320 valence electrons. The first-order valence-electron chi connectivity index (χ1n) is 21.7. The zero-order chi connectivity index (χ0) is 42.7. The molecule has 5 amide bonds. The quantitative estimate of drug-likeness (QED) is 0.103. The van der Waals surface area contributed by atoms with Gasteiger partial charge in [-0.05, 0) is 92.3 Å². The van der Waals surface area contributed by atoms with Crippen LogP contribution in [-0.2, 0) is 14.4 Å². The van der Waals surface area contributed by atoms with Crippen molar-refractivity contribution in [3.63, 3.8) is 0 Å². The van der Waals surface area contributed by atoms with Gasteiger partial charge in [-0.3, -0.25) is 34.2 Å². The molecule has 9 rings (SSSR count). The lowest BCUT2D eigenvalue weighted by molar-refractivity contribution is -0.136. The van der Waals surface area contributed by atoms with Crippen molar-refractivity contribution in [3.05, 3.63) is 102 Å². The van der Waals surface area contributed by atoms with Gasteiger partial charge in [0.15, 0.2) is 5.65 Å². The van der Waals surface area contributed by atoms with Gasteiger partial charge in [0.05, 0.1) is 29.1 Å². The van der Waals surface area contributed by atoms with Gasteiger partial charge in [0, 0.05) is 57.8 Å². The number of nitrogens with zero attached hydrogens (tertiary/aromatic N) is 8. The van der Waals surface area contributed by atoms with Crippen LogP contribution < -0.4 is 20.4 Å². The summed E-state index contributed by atoms with van der Waals surface area (Å²) in [6.45, 7) is 4.17. The van der Waals surface area contributed by atoms with Crippen LogP contribution in [0, 0.1) is 5.82 Å². The van der Waals surface area contributed by atoms with Gasteiger partial charge in [0.1, 0.15) is 29.2 Å². The van der Waals surface area contributed by atoms with E-state index in [4.69, 9.17) is 10.1 Å². The number of nitrogens with one attached hydrogen (secondary N) is 2. The van der Waals surface area contributed by atoms with E-state index in [1.807, 2.05) is 45.8 Å². The number of hydrogen-bond donors (Lipinski definition) is 2. The van der Waals surface area contributed by atoms with Crippen molar-refractivity contribution in [2.45, 2.75) is 76.3 Å². The fourth-order valence-electron chi connectivity index (χ4n) is 9.12. The largest absolute Gasteiger partial charge is 0.385 e. The van der Waals surface area contributed by atoms with Crippen molar-refractivity contribution in [2.24, 2.45) is 0 Å². The maximum absolute atomic E-state index is 14.1. The van der Waals surface area contributed by atoms with Gasteiger partial charge in [-0.2, -0.15) is 0 Å². The zero-order valence-corrected chi connectivity index (χ0v) is 34.5. The summed E-state index contributed by atoms with van der Waals surface area (Å²) < 4.78 is 15.9. The number of carbonyl (C=O) groups excluding carboxylic acids is 5. The van der Waals surface area contributed by atoms with Crippen molar-refractivity contribution in [1.82, 2.24) is 34.7 Å². The Morgan fingerprint density at radius 2 is 1.60 bits per heavy atom. The van der Waals surface area contributed by atoms with Gasteiger partial charge in [0.25, 0.3) is 11.8 Å². The second-order valence-corrected chi connectivity index (χ2v) is 16.4. The summed E-state index contributed by atoms with van der Waals surface area (Å²) in [5, 5.41) is 10.6. The van der Waals surface area contributed by atoms with Crippen LogP contribution in [0.4, 0.5) is 21.7 Å². The number of benzene rings is 2. The number of aromatic nitrogens is 4. The predicted molar refractivity (Wildman–Crippen MR) is 230 cm³/mol. The van der Waals surface area contributed by atoms with E-state index in [-0.39, 0.29) is 41.7 Å². The number of halogens is 1. The number of anilines is 3. The van der Waals surface area contributed by atoms with Crippen LogP contribution >= 0.6 is 0 Å². The number of rotatable bonds is 14. The minimum absolute atomic E-state index is 0.0512. The molecule has 15 nitrogen and oxygen atoms in total. The molecule has 3 aromatic heterocycles. The lowest BCUT2D eigenvalue weighted by Gasteiger charge is -2.35. The Balaban J connectivity index is 0.704. The van der Waals surface area contributed by atoms with Crippen molar-refractivity contribution in [1.29, 1.82) is 0 Å². The van der Waals surface area contributed by atoms with Crippen molar-refractivity contribution in [2.75, 3.05) is 54.4 Å². The lowest BCUT2D eigenvalue weighted by Crippen LogP contribution is -2.54. The van der Waals surface area contributed by atoms with Crippen molar-refractivity contribution >= 4 is 52.5 Å². The number of amides is 5. The Bertz CT molecular complexity index is 2540. The molecule has 62 heavy (non-hydrogen) atoms. The van der Waals surface area contributed by atoms with Crippen LogP contribution in [0.1, 0.15) is 96.5 Å². The number of carbonyl (C=O) groups is 5. The second kappa shape index (κ2) is 17.7. The molecule has 2 N–H and O–H groups in total.